The van der Waals surface area contributed by atoms with Crippen molar-refractivity contribution in [3.63, 3.8) is 0 Å². The Morgan fingerprint density at radius 1 is 1.46 bits per heavy atom. The Hall–Kier alpha value is 0.550. The van der Waals surface area contributed by atoms with Crippen LogP contribution in [0.2, 0.25) is 5.02 Å². The lowest BCUT2D eigenvalue weighted by Crippen LogP contribution is -1.74. The van der Waals surface area contributed by atoms with Crippen LogP contribution in [0.4, 0.5) is 0 Å². The van der Waals surface area contributed by atoms with Crippen LogP contribution in [0, 0.1) is 3.57 Å². The van der Waals surface area contributed by atoms with Crippen LogP contribution in [0.25, 0.3) is 10.1 Å². The summed E-state index contributed by atoms with van der Waals surface area (Å²) < 4.78 is 2.62. The lowest BCUT2D eigenvalue weighted by Gasteiger charge is -2.01. The van der Waals surface area contributed by atoms with Gasteiger partial charge in [-0.2, -0.15) is 0 Å². The summed E-state index contributed by atoms with van der Waals surface area (Å²) in [6.07, 6.45) is 2.06. The largest absolute Gasteiger partial charge is 0.141 e. The number of thioether (sulfide) groups is 1. The van der Waals surface area contributed by atoms with Crippen LogP contribution >= 0.6 is 57.3 Å². The summed E-state index contributed by atoms with van der Waals surface area (Å²) in [5.41, 5.74) is 0. The molecule has 0 saturated carbocycles. The number of benzene rings is 1. The molecular weight excluding hydrogens is 335 g/mol. The number of hydrogen-bond donors (Lipinski definition) is 0. The predicted molar refractivity (Wildman–Crippen MR) is 71.3 cm³/mol. The van der Waals surface area contributed by atoms with Crippen molar-refractivity contribution in [2.45, 2.75) is 4.90 Å². The van der Waals surface area contributed by atoms with E-state index in [1.54, 1.807) is 23.1 Å². The molecule has 2 aromatic rings. The summed E-state index contributed by atoms with van der Waals surface area (Å²) in [5.74, 6) is 0. The van der Waals surface area contributed by atoms with E-state index in [1.807, 2.05) is 6.07 Å². The second-order valence-corrected chi connectivity index (χ2v) is 5.81. The van der Waals surface area contributed by atoms with Crippen LogP contribution in [-0.4, -0.2) is 6.26 Å². The Kier molecular flexibility index (Phi) is 3.07. The van der Waals surface area contributed by atoms with Crippen LogP contribution in [0.3, 0.4) is 0 Å². The molecule has 0 nitrogen and oxygen atoms in total. The highest BCUT2D eigenvalue weighted by atomic mass is 127. The van der Waals surface area contributed by atoms with Crippen molar-refractivity contribution in [1.29, 1.82) is 0 Å². The first-order chi connectivity index (χ1) is 6.24. The number of fused-ring (bicyclic) bond motifs is 1. The summed E-state index contributed by atoms with van der Waals surface area (Å²) in [6.45, 7) is 0. The molecule has 0 aliphatic heterocycles. The zero-order valence-corrected chi connectivity index (χ0v) is 11.4. The van der Waals surface area contributed by atoms with E-state index in [9.17, 15) is 0 Å². The van der Waals surface area contributed by atoms with Crippen molar-refractivity contribution in [2.24, 2.45) is 0 Å². The van der Waals surface area contributed by atoms with Crippen LogP contribution < -0.4 is 0 Å². The van der Waals surface area contributed by atoms with Gasteiger partial charge in [-0.15, -0.1) is 23.1 Å². The Bertz CT molecular complexity index is 450. The van der Waals surface area contributed by atoms with E-state index in [0.717, 1.165) is 5.02 Å². The van der Waals surface area contributed by atoms with Gasteiger partial charge in [-0.1, -0.05) is 17.7 Å². The van der Waals surface area contributed by atoms with Gasteiger partial charge in [0, 0.05) is 19.2 Å². The molecule has 1 heterocycles. The maximum Gasteiger partial charge on any atom is 0.0556 e. The van der Waals surface area contributed by atoms with Crippen molar-refractivity contribution in [3.8, 4) is 0 Å². The first-order valence-corrected chi connectivity index (χ1v) is 7.19. The fourth-order valence-corrected chi connectivity index (χ4v) is 4.49. The van der Waals surface area contributed by atoms with Gasteiger partial charge in [0.15, 0.2) is 0 Å². The van der Waals surface area contributed by atoms with E-state index in [0.29, 0.717) is 0 Å². The normalized spacial score (nSPS) is 11.0. The minimum Gasteiger partial charge on any atom is -0.141 e. The molecule has 0 fully saturated rings. The van der Waals surface area contributed by atoms with E-state index >= 15 is 0 Å². The molecule has 0 amide bonds. The topological polar surface area (TPSA) is 0 Å². The molecule has 0 spiro atoms. The molecule has 0 atom stereocenters. The number of thiophene rings is 1. The van der Waals surface area contributed by atoms with Crippen LogP contribution in [0.5, 0.6) is 0 Å². The minimum absolute atomic E-state index is 0.859. The van der Waals surface area contributed by atoms with Gasteiger partial charge in [-0.3, -0.25) is 0 Å². The fraction of sp³-hybridized carbons (Fsp3) is 0.111. The molecule has 0 saturated heterocycles. The molecule has 0 bridgehead atoms. The van der Waals surface area contributed by atoms with Gasteiger partial charge in [0.25, 0.3) is 0 Å². The van der Waals surface area contributed by atoms with Crippen molar-refractivity contribution in [1.82, 2.24) is 0 Å². The number of rotatable bonds is 1. The van der Waals surface area contributed by atoms with E-state index in [1.165, 1.54) is 18.6 Å². The van der Waals surface area contributed by atoms with Gasteiger partial charge in [-0.25, -0.2) is 0 Å². The maximum absolute atomic E-state index is 6.10. The van der Waals surface area contributed by atoms with Gasteiger partial charge >= 0.3 is 0 Å². The van der Waals surface area contributed by atoms with Crippen LogP contribution in [0.15, 0.2) is 22.4 Å². The van der Waals surface area contributed by atoms with Crippen LogP contribution in [-0.2, 0) is 0 Å². The lowest BCUT2D eigenvalue weighted by atomic mass is 10.3. The van der Waals surface area contributed by atoms with E-state index in [-0.39, 0.29) is 0 Å². The van der Waals surface area contributed by atoms with Gasteiger partial charge in [-0.05, 0) is 34.9 Å². The molecule has 0 aliphatic carbocycles. The molecule has 4 heteroatoms. The summed E-state index contributed by atoms with van der Waals surface area (Å²) in [7, 11) is 0. The smallest absolute Gasteiger partial charge is 0.0556 e. The highest BCUT2D eigenvalue weighted by Crippen LogP contribution is 2.38. The standard InChI is InChI=1S/C9H6ClIS2/c1-12-9-6(10)3-2-5-7(11)4-13-8(5)9/h2-4H,1H3. The maximum atomic E-state index is 6.10. The van der Waals surface area contributed by atoms with Crippen molar-refractivity contribution in [2.75, 3.05) is 6.26 Å². The molecule has 68 valence electrons. The highest BCUT2D eigenvalue weighted by Gasteiger charge is 2.08. The average Bonchev–Trinajstić information content (AvgIpc) is 2.48. The van der Waals surface area contributed by atoms with E-state index in [4.69, 9.17) is 11.6 Å². The Labute approximate surface area is 104 Å². The number of halogens is 2. The Morgan fingerprint density at radius 2 is 2.23 bits per heavy atom. The second-order valence-electron chi connectivity index (χ2n) is 2.54. The third kappa shape index (κ3) is 1.71. The summed E-state index contributed by atoms with van der Waals surface area (Å²) in [5, 5.41) is 4.35. The molecule has 0 unspecified atom stereocenters. The van der Waals surface area contributed by atoms with E-state index in [2.05, 4.69) is 40.3 Å². The monoisotopic (exact) mass is 340 g/mol. The van der Waals surface area contributed by atoms with Crippen LogP contribution in [0.1, 0.15) is 0 Å². The van der Waals surface area contributed by atoms with Gasteiger partial charge in [0.05, 0.1) is 9.72 Å². The molecule has 1 aromatic heterocycles. The zero-order chi connectivity index (χ0) is 9.42. The van der Waals surface area contributed by atoms with E-state index < -0.39 is 0 Å². The second kappa shape index (κ2) is 3.96. The molecule has 0 aliphatic rings. The van der Waals surface area contributed by atoms with Crippen molar-refractivity contribution >= 4 is 67.4 Å². The minimum atomic E-state index is 0.859. The summed E-state index contributed by atoms with van der Waals surface area (Å²) in [6, 6.07) is 4.07. The Morgan fingerprint density at radius 3 is 2.92 bits per heavy atom. The SMILES string of the molecule is CSc1c(Cl)ccc2c(I)csc12. The molecule has 0 radical (unpaired) electrons. The van der Waals surface area contributed by atoms with Crippen molar-refractivity contribution < 1.29 is 0 Å². The van der Waals surface area contributed by atoms with Gasteiger partial charge in [0.2, 0.25) is 0 Å². The first-order valence-electron chi connectivity index (χ1n) is 3.63. The molecule has 1 aromatic carbocycles. The third-order valence-corrected chi connectivity index (χ3v) is 5.52. The Balaban J connectivity index is 2.85. The predicted octanol–water partition coefficient (Wildman–Crippen LogP) is 4.88. The number of hydrogen-bond acceptors (Lipinski definition) is 2. The molecular formula is C9H6ClIS2. The quantitative estimate of drug-likeness (QED) is 0.526. The first kappa shape index (κ1) is 10.1. The fourth-order valence-electron chi connectivity index (χ4n) is 1.21. The average molecular weight is 341 g/mol. The van der Waals surface area contributed by atoms with Crippen molar-refractivity contribution in [3.05, 3.63) is 26.1 Å². The molecule has 13 heavy (non-hydrogen) atoms. The molecule has 0 N–H and O–H groups in total. The third-order valence-electron chi connectivity index (χ3n) is 1.81. The summed E-state index contributed by atoms with van der Waals surface area (Å²) in [4.78, 5) is 1.20. The highest BCUT2D eigenvalue weighted by molar-refractivity contribution is 14.1. The summed E-state index contributed by atoms with van der Waals surface area (Å²) >= 11 is 11.9. The molecule has 2 rings (SSSR count). The lowest BCUT2D eigenvalue weighted by molar-refractivity contribution is 1.59. The zero-order valence-electron chi connectivity index (χ0n) is 6.80. The van der Waals surface area contributed by atoms with Gasteiger partial charge < -0.3 is 0 Å². The van der Waals surface area contributed by atoms with Gasteiger partial charge in [0.1, 0.15) is 0 Å².